The molecule has 1 heterocycles. The molecule has 0 spiro atoms. The standard InChI is InChI=1S/C62H68N2O3S/c1-9-14-31-50(32-25-26-44-63(56-39-22-19-30-47(56)7)55-38-18-16-17-29-46(55)6)52-36-20-21-37-53(52)62(65)54(35-15-10-2)59(67-8)45-48(12-4)49-33-27-34-51(43-42-49)64-57(28-11-3)60(13-5)68(66)61-41-24-23-40-58(61)64/h9-11,13-14,16-26,28-31,36-37,39-43,45,50H,1-2,5,12,15,27,32-35,38,44H2,3-4,6-8H3/b26-25-,28-11-,31-14?,48-45+,59-54-. The third kappa shape index (κ3) is 12.0. The Bertz CT molecular complexity index is 2740. The van der Waals surface area contributed by atoms with Gasteiger partial charge in [-0.25, -0.2) is 4.21 Å². The fraction of sp³-hybridized carbons (Fsp3) is 0.242. The normalized spacial score (nSPS) is 17.4. The average Bonchev–Trinajstić information content (AvgIpc) is 3.74. The molecule has 6 heteroatoms. The van der Waals surface area contributed by atoms with Crippen molar-refractivity contribution in [3.8, 4) is 0 Å². The van der Waals surface area contributed by atoms with Gasteiger partial charge in [-0.2, -0.15) is 0 Å². The molecule has 0 fully saturated rings. The molecule has 0 amide bonds. The Hall–Kier alpha value is -6.76. The lowest BCUT2D eigenvalue weighted by Crippen LogP contribution is -2.27. The maximum absolute atomic E-state index is 15.1. The molecule has 0 aromatic heterocycles. The van der Waals surface area contributed by atoms with Gasteiger partial charge in [0.1, 0.15) is 5.76 Å². The SMILES string of the molecule is C=CC=CC(C/C=C\CN(C1=C(C)C=CC=CC1)c1ccccc1C)c1ccccc1C(=O)/C(CCC=C)=C(/C=C(\CC)C1=CC=C(N2C(/C=C\C)=C(C=C)S(=O)c3ccccc32)CCC1)OC. The zero-order valence-corrected chi connectivity index (χ0v) is 41.6. The predicted molar refractivity (Wildman–Crippen MR) is 290 cm³/mol. The molecule has 3 aromatic rings. The van der Waals surface area contributed by atoms with Crippen LogP contribution < -0.4 is 9.80 Å². The third-order valence-corrected chi connectivity index (χ3v) is 14.2. The van der Waals surface area contributed by atoms with Crippen LogP contribution >= 0.6 is 0 Å². The number of allylic oxidation sites excluding steroid dienone is 20. The van der Waals surface area contributed by atoms with Crippen molar-refractivity contribution in [3.63, 3.8) is 0 Å². The first-order chi connectivity index (χ1) is 33.2. The quantitative estimate of drug-likeness (QED) is 0.0350. The number of aryl methyl sites for hydroxylation is 1. The maximum atomic E-state index is 15.1. The van der Waals surface area contributed by atoms with Crippen LogP contribution in [0, 0.1) is 6.92 Å². The summed E-state index contributed by atoms with van der Waals surface area (Å²) in [7, 11) is 0.328. The zero-order valence-electron chi connectivity index (χ0n) is 40.8. The Kier molecular flexibility index (Phi) is 18.9. The number of hydrogen-bond donors (Lipinski definition) is 0. The van der Waals surface area contributed by atoms with Gasteiger partial charge in [0.15, 0.2) is 5.78 Å². The van der Waals surface area contributed by atoms with Crippen molar-refractivity contribution in [2.45, 2.75) is 89.9 Å². The summed E-state index contributed by atoms with van der Waals surface area (Å²) in [4.78, 5) is 21.3. The zero-order chi connectivity index (χ0) is 48.4. The number of benzene rings is 3. The van der Waals surface area contributed by atoms with E-state index in [9.17, 15) is 4.21 Å². The van der Waals surface area contributed by atoms with E-state index >= 15 is 4.79 Å². The smallest absolute Gasteiger partial charge is 0.193 e. The van der Waals surface area contributed by atoms with E-state index in [1.54, 1.807) is 19.3 Å². The third-order valence-electron chi connectivity index (χ3n) is 12.7. The monoisotopic (exact) mass is 920 g/mol. The Labute approximate surface area is 409 Å². The highest BCUT2D eigenvalue weighted by molar-refractivity contribution is 7.89. The van der Waals surface area contributed by atoms with Gasteiger partial charge in [-0.3, -0.25) is 4.79 Å². The number of hydrogen-bond acceptors (Lipinski definition) is 5. The van der Waals surface area contributed by atoms with Crippen LogP contribution in [0.3, 0.4) is 0 Å². The largest absolute Gasteiger partial charge is 0.496 e. The van der Waals surface area contributed by atoms with Crippen LogP contribution in [0.15, 0.2) is 245 Å². The lowest BCUT2D eigenvalue weighted by atomic mass is 9.86. The van der Waals surface area contributed by atoms with Gasteiger partial charge in [-0.1, -0.05) is 154 Å². The Morgan fingerprint density at radius 2 is 1.74 bits per heavy atom. The van der Waals surface area contributed by atoms with E-state index in [1.165, 1.54) is 28.1 Å². The average molecular weight is 921 g/mol. The molecule has 0 N–H and O–H groups in total. The van der Waals surface area contributed by atoms with E-state index in [0.717, 1.165) is 65.2 Å². The maximum Gasteiger partial charge on any atom is 0.193 e. The van der Waals surface area contributed by atoms with Gasteiger partial charge >= 0.3 is 0 Å². The van der Waals surface area contributed by atoms with Crippen LogP contribution in [0.5, 0.6) is 0 Å². The van der Waals surface area contributed by atoms with Gasteiger partial charge in [-0.15, -0.1) is 6.58 Å². The second kappa shape index (κ2) is 25.4. The van der Waals surface area contributed by atoms with Gasteiger partial charge in [0.05, 0.1) is 39.1 Å². The highest BCUT2D eigenvalue weighted by Gasteiger charge is 2.30. The summed E-state index contributed by atoms with van der Waals surface area (Å²) in [6.45, 7) is 21.2. The Morgan fingerprint density at radius 1 is 0.956 bits per heavy atom. The highest BCUT2D eigenvalue weighted by Crippen LogP contribution is 2.42. The van der Waals surface area contributed by atoms with Gasteiger partial charge in [0.2, 0.25) is 0 Å². The van der Waals surface area contributed by atoms with Gasteiger partial charge in [0, 0.05) is 47.1 Å². The van der Waals surface area contributed by atoms with E-state index in [2.05, 4.69) is 141 Å². The van der Waals surface area contributed by atoms with Crippen molar-refractivity contribution in [3.05, 3.63) is 256 Å². The molecule has 3 aromatic carbocycles. The molecule has 2 aliphatic carbocycles. The van der Waals surface area contributed by atoms with Crippen LogP contribution in [-0.2, 0) is 15.5 Å². The van der Waals surface area contributed by atoms with E-state index in [4.69, 9.17) is 4.74 Å². The number of methoxy groups -OCH3 is 1. The van der Waals surface area contributed by atoms with Crippen LogP contribution in [0.2, 0.25) is 0 Å². The van der Waals surface area contributed by atoms with Gasteiger partial charge < -0.3 is 14.5 Å². The fourth-order valence-electron chi connectivity index (χ4n) is 9.17. The topological polar surface area (TPSA) is 49.9 Å². The summed E-state index contributed by atoms with van der Waals surface area (Å²) in [6, 6.07) is 24.5. The first-order valence-corrected chi connectivity index (χ1v) is 25.1. The number of carbonyl (C=O) groups excluding carboxylic acids is 1. The Morgan fingerprint density at radius 3 is 2.49 bits per heavy atom. The molecule has 5 nitrogen and oxygen atoms in total. The molecule has 350 valence electrons. The van der Waals surface area contributed by atoms with Crippen molar-refractivity contribution in [1.29, 1.82) is 0 Å². The molecular weight excluding hydrogens is 853 g/mol. The molecule has 6 rings (SSSR count). The minimum atomic E-state index is -1.33. The first-order valence-electron chi connectivity index (χ1n) is 23.9. The molecule has 0 saturated heterocycles. The number of ether oxygens (including phenoxy) is 1. The summed E-state index contributed by atoms with van der Waals surface area (Å²) in [6.07, 6.45) is 39.1. The summed E-state index contributed by atoms with van der Waals surface area (Å²) in [5.74, 6) is 0.444. The number of Topliss-reactive ketones (excluding diaryl/α,β-unsaturated/α-hetero) is 1. The summed E-state index contributed by atoms with van der Waals surface area (Å²) >= 11 is 0. The number of anilines is 2. The molecule has 3 aliphatic rings. The van der Waals surface area contributed by atoms with Gasteiger partial charge in [-0.05, 0) is 130 Å². The highest BCUT2D eigenvalue weighted by atomic mass is 32.2. The number of rotatable bonds is 21. The summed E-state index contributed by atoms with van der Waals surface area (Å²) < 4.78 is 19.9. The lowest BCUT2D eigenvalue weighted by Gasteiger charge is -2.34. The second-order valence-corrected chi connectivity index (χ2v) is 18.4. The molecule has 0 bridgehead atoms. The van der Waals surface area contributed by atoms with E-state index in [1.807, 2.05) is 73.7 Å². The van der Waals surface area contributed by atoms with E-state index in [-0.39, 0.29) is 11.7 Å². The number of para-hydroxylation sites is 2. The van der Waals surface area contributed by atoms with Crippen LogP contribution in [0.4, 0.5) is 11.4 Å². The number of ketones is 1. The fourth-order valence-corrected chi connectivity index (χ4v) is 10.5. The molecular formula is C62H68N2O3S. The summed E-state index contributed by atoms with van der Waals surface area (Å²) in [5.41, 5.74) is 12.4. The molecule has 68 heavy (non-hydrogen) atoms. The van der Waals surface area contributed by atoms with Crippen molar-refractivity contribution >= 4 is 28.0 Å². The van der Waals surface area contributed by atoms with Gasteiger partial charge in [0.25, 0.3) is 0 Å². The molecule has 2 unspecified atom stereocenters. The van der Waals surface area contributed by atoms with Crippen LogP contribution in [0.1, 0.15) is 99.5 Å². The molecule has 0 radical (unpaired) electrons. The van der Waals surface area contributed by atoms with Crippen molar-refractivity contribution in [1.82, 2.24) is 0 Å². The number of nitrogens with zero attached hydrogens (tertiary/aromatic N) is 2. The van der Waals surface area contributed by atoms with Crippen LogP contribution in [-0.4, -0.2) is 23.6 Å². The van der Waals surface area contributed by atoms with Crippen molar-refractivity contribution in [2.75, 3.05) is 23.5 Å². The minimum absolute atomic E-state index is 0.0471. The first kappa shape index (κ1) is 50.6. The Balaban J connectivity index is 1.34. The molecule has 1 aliphatic heterocycles. The lowest BCUT2D eigenvalue weighted by molar-refractivity contribution is 0.102. The minimum Gasteiger partial charge on any atom is -0.496 e. The second-order valence-electron chi connectivity index (χ2n) is 17.0. The summed E-state index contributed by atoms with van der Waals surface area (Å²) in [5, 5.41) is 0. The number of fused-ring (bicyclic) bond motifs is 1. The van der Waals surface area contributed by atoms with E-state index in [0.29, 0.717) is 47.6 Å². The van der Waals surface area contributed by atoms with Crippen molar-refractivity contribution in [2.24, 2.45) is 0 Å². The molecule has 0 saturated carbocycles. The number of carbonyl (C=O) groups is 1. The molecule has 2 atom stereocenters. The van der Waals surface area contributed by atoms with Crippen molar-refractivity contribution < 1.29 is 13.7 Å². The van der Waals surface area contributed by atoms with E-state index < -0.39 is 10.8 Å². The van der Waals surface area contributed by atoms with Crippen LogP contribution in [0.25, 0.3) is 0 Å². The predicted octanol–water partition coefficient (Wildman–Crippen LogP) is 16.0.